The lowest BCUT2D eigenvalue weighted by Gasteiger charge is -2.31. The molecule has 0 bridgehead atoms. The Balaban J connectivity index is 1.55. The van der Waals surface area contributed by atoms with Crippen LogP contribution < -0.4 is 11.1 Å². The van der Waals surface area contributed by atoms with Gasteiger partial charge in [-0.05, 0) is 32.3 Å². The smallest absolute Gasteiger partial charge is 0.264 e. The first-order valence-electron chi connectivity index (χ1n) is 8.78. The van der Waals surface area contributed by atoms with Gasteiger partial charge in [0.1, 0.15) is 10.7 Å². The Morgan fingerprint density at radius 2 is 2.00 bits per heavy atom. The summed E-state index contributed by atoms with van der Waals surface area (Å²) in [5.41, 5.74) is 1.10. The first-order chi connectivity index (χ1) is 12.9. The van der Waals surface area contributed by atoms with Gasteiger partial charge in [0.2, 0.25) is 0 Å². The summed E-state index contributed by atoms with van der Waals surface area (Å²) in [6.07, 6.45) is 2.93. The molecule has 0 saturated carbocycles. The third-order valence-corrected chi connectivity index (χ3v) is 6.19. The number of carbonyl (C=O) groups excluding carboxylic acids is 1. The van der Waals surface area contributed by atoms with E-state index in [-0.39, 0.29) is 22.9 Å². The number of H-pyrrole nitrogens is 2. The first kappa shape index (κ1) is 17.6. The summed E-state index contributed by atoms with van der Waals surface area (Å²) in [7, 11) is 0. The number of amides is 1. The topological polar surface area (TPSA) is 112 Å². The Bertz CT molecular complexity index is 1140. The lowest BCUT2D eigenvalue weighted by atomic mass is 9.93. The van der Waals surface area contributed by atoms with Crippen LogP contribution in [-0.4, -0.2) is 43.8 Å². The van der Waals surface area contributed by atoms with Crippen LogP contribution in [0.5, 0.6) is 0 Å². The van der Waals surface area contributed by atoms with Crippen LogP contribution in [0.3, 0.4) is 0 Å². The summed E-state index contributed by atoms with van der Waals surface area (Å²) in [6, 6.07) is 1.53. The number of nitrogens with one attached hydrogen (secondary N) is 2. The van der Waals surface area contributed by atoms with E-state index in [1.807, 2.05) is 4.90 Å². The van der Waals surface area contributed by atoms with Crippen LogP contribution in [0.4, 0.5) is 0 Å². The number of thiophene rings is 1. The van der Waals surface area contributed by atoms with Gasteiger partial charge in [0.25, 0.3) is 17.0 Å². The first-order valence-corrected chi connectivity index (χ1v) is 9.59. The van der Waals surface area contributed by atoms with E-state index in [1.54, 1.807) is 13.8 Å². The largest absolute Gasteiger partial charge is 0.338 e. The number of hydrogen-bond acceptors (Lipinski definition) is 6. The Hall–Kier alpha value is -2.81. The lowest BCUT2D eigenvalue weighted by Crippen LogP contribution is -2.38. The summed E-state index contributed by atoms with van der Waals surface area (Å²) in [5.74, 6) is 0.649. The molecule has 1 saturated heterocycles. The molecule has 9 heteroatoms. The summed E-state index contributed by atoms with van der Waals surface area (Å²) in [6.45, 7) is 4.71. The van der Waals surface area contributed by atoms with Crippen molar-refractivity contribution in [2.75, 3.05) is 13.1 Å². The third kappa shape index (κ3) is 3.18. The predicted molar refractivity (Wildman–Crippen MR) is 102 cm³/mol. The second-order valence-electron chi connectivity index (χ2n) is 6.79. The number of aromatic amines is 2. The summed E-state index contributed by atoms with van der Waals surface area (Å²) >= 11 is 1.27. The fourth-order valence-corrected chi connectivity index (χ4v) is 4.78. The quantitative estimate of drug-likeness (QED) is 0.697. The number of likely N-dealkylation sites (tertiary alicyclic amines) is 1. The number of aryl methyl sites for hydroxylation is 2. The summed E-state index contributed by atoms with van der Waals surface area (Å²) < 4.78 is 0. The molecule has 1 aliphatic heterocycles. The summed E-state index contributed by atoms with van der Waals surface area (Å²) in [5, 5.41) is 0.497. The van der Waals surface area contributed by atoms with Gasteiger partial charge in [-0.1, -0.05) is 0 Å². The fourth-order valence-electron chi connectivity index (χ4n) is 3.58. The molecule has 8 nitrogen and oxygen atoms in total. The maximum Gasteiger partial charge on any atom is 0.264 e. The predicted octanol–water partition coefficient (Wildman–Crippen LogP) is 1.70. The van der Waals surface area contributed by atoms with Crippen LogP contribution in [0.25, 0.3) is 10.2 Å². The molecule has 27 heavy (non-hydrogen) atoms. The van der Waals surface area contributed by atoms with Gasteiger partial charge in [0, 0.05) is 25.1 Å². The van der Waals surface area contributed by atoms with Gasteiger partial charge in [0.05, 0.1) is 22.3 Å². The van der Waals surface area contributed by atoms with Gasteiger partial charge < -0.3 is 14.9 Å². The standard InChI is InChI=1S/C18H19N5O3S/c1-9-14-16(25)21-10(2)22-17(14)27-15(9)18(26)23-5-3-11(4-6-23)12-7-13(24)20-8-19-12/h7-8,11H,3-6H2,1-2H3,(H,19,20,24)(H,21,22,25). The highest BCUT2D eigenvalue weighted by Gasteiger charge is 2.28. The molecular weight excluding hydrogens is 366 g/mol. The monoisotopic (exact) mass is 385 g/mol. The van der Waals surface area contributed by atoms with E-state index in [9.17, 15) is 14.4 Å². The van der Waals surface area contributed by atoms with E-state index in [1.165, 1.54) is 23.7 Å². The number of nitrogens with zero attached hydrogens (tertiary/aromatic N) is 3. The third-order valence-electron chi connectivity index (χ3n) is 5.01. The minimum atomic E-state index is -0.204. The zero-order chi connectivity index (χ0) is 19.1. The second-order valence-corrected chi connectivity index (χ2v) is 7.79. The normalized spacial score (nSPS) is 15.4. The van der Waals surface area contributed by atoms with Gasteiger partial charge in [-0.3, -0.25) is 14.4 Å². The fraction of sp³-hybridized carbons (Fsp3) is 0.389. The SMILES string of the molecule is Cc1nc2sc(C(=O)N3CCC(c4cc(=O)[nH]cn4)CC3)c(C)c2c(=O)[nH]1. The van der Waals surface area contributed by atoms with Crippen LogP contribution >= 0.6 is 11.3 Å². The van der Waals surface area contributed by atoms with Gasteiger partial charge >= 0.3 is 0 Å². The number of carbonyl (C=O) groups is 1. The molecule has 2 N–H and O–H groups in total. The average molecular weight is 385 g/mol. The van der Waals surface area contributed by atoms with Crippen LogP contribution in [0.15, 0.2) is 22.0 Å². The summed E-state index contributed by atoms with van der Waals surface area (Å²) in [4.78, 5) is 53.5. The van der Waals surface area contributed by atoms with Crippen LogP contribution in [0.1, 0.15) is 45.5 Å². The molecule has 140 valence electrons. The molecule has 0 spiro atoms. The molecule has 0 unspecified atom stereocenters. The van der Waals surface area contributed by atoms with Crippen molar-refractivity contribution in [2.24, 2.45) is 0 Å². The Labute approximate surface area is 158 Å². The van der Waals surface area contributed by atoms with Crippen LogP contribution in [-0.2, 0) is 0 Å². The van der Waals surface area contributed by atoms with Gasteiger partial charge in [-0.25, -0.2) is 9.97 Å². The average Bonchev–Trinajstić information content (AvgIpc) is 2.98. The molecule has 0 aromatic carbocycles. The molecule has 1 amide bonds. The lowest BCUT2D eigenvalue weighted by molar-refractivity contribution is 0.0716. The van der Waals surface area contributed by atoms with Crippen molar-refractivity contribution in [3.05, 3.63) is 55.1 Å². The maximum atomic E-state index is 13.0. The number of rotatable bonds is 2. The van der Waals surface area contributed by atoms with E-state index >= 15 is 0 Å². The molecular formula is C18H19N5O3S. The molecule has 0 aliphatic carbocycles. The van der Waals surface area contributed by atoms with Crippen molar-refractivity contribution >= 4 is 27.5 Å². The van der Waals surface area contributed by atoms with Crippen molar-refractivity contribution in [3.8, 4) is 0 Å². The molecule has 3 aromatic heterocycles. The van der Waals surface area contributed by atoms with E-state index in [2.05, 4.69) is 19.9 Å². The maximum absolute atomic E-state index is 13.0. The van der Waals surface area contributed by atoms with Crippen molar-refractivity contribution < 1.29 is 4.79 Å². The van der Waals surface area contributed by atoms with Crippen molar-refractivity contribution in [2.45, 2.75) is 32.6 Å². The van der Waals surface area contributed by atoms with E-state index in [4.69, 9.17) is 0 Å². The Morgan fingerprint density at radius 1 is 1.26 bits per heavy atom. The number of hydrogen-bond donors (Lipinski definition) is 2. The van der Waals surface area contributed by atoms with E-state index in [0.29, 0.717) is 39.6 Å². The molecule has 0 radical (unpaired) electrons. The highest BCUT2D eigenvalue weighted by molar-refractivity contribution is 7.20. The van der Waals surface area contributed by atoms with Gasteiger partial charge in [-0.2, -0.15) is 0 Å². The minimum Gasteiger partial charge on any atom is -0.338 e. The Kier molecular flexibility index (Phi) is 4.39. The molecule has 1 fully saturated rings. The molecule has 4 heterocycles. The highest BCUT2D eigenvalue weighted by atomic mass is 32.1. The Morgan fingerprint density at radius 3 is 2.70 bits per heavy atom. The zero-order valence-corrected chi connectivity index (χ0v) is 15.9. The number of aromatic nitrogens is 4. The molecule has 4 rings (SSSR count). The van der Waals surface area contributed by atoms with Crippen LogP contribution in [0, 0.1) is 13.8 Å². The molecule has 0 atom stereocenters. The zero-order valence-electron chi connectivity index (χ0n) is 15.0. The van der Waals surface area contributed by atoms with Gasteiger partial charge in [-0.15, -0.1) is 11.3 Å². The van der Waals surface area contributed by atoms with Crippen molar-refractivity contribution in [1.82, 2.24) is 24.8 Å². The van der Waals surface area contributed by atoms with E-state index < -0.39 is 0 Å². The molecule has 3 aromatic rings. The highest BCUT2D eigenvalue weighted by Crippen LogP contribution is 2.31. The van der Waals surface area contributed by atoms with Crippen molar-refractivity contribution in [1.29, 1.82) is 0 Å². The number of piperidine rings is 1. The van der Waals surface area contributed by atoms with Crippen molar-refractivity contribution in [3.63, 3.8) is 0 Å². The van der Waals surface area contributed by atoms with Gasteiger partial charge in [0.15, 0.2) is 0 Å². The number of fused-ring (bicyclic) bond motifs is 1. The minimum absolute atomic E-state index is 0.0649. The second kappa shape index (κ2) is 6.73. The van der Waals surface area contributed by atoms with Crippen LogP contribution in [0.2, 0.25) is 0 Å². The molecule has 1 aliphatic rings. The van der Waals surface area contributed by atoms with E-state index in [0.717, 1.165) is 18.5 Å².